The summed E-state index contributed by atoms with van der Waals surface area (Å²) in [5.74, 6) is -1.36. The molecule has 2 nitrogen and oxygen atoms in total. The fraction of sp³-hybridized carbons (Fsp3) is 0.250. The molecule has 1 aliphatic carbocycles. The summed E-state index contributed by atoms with van der Waals surface area (Å²) in [6.45, 7) is 0.488. The number of benzene rings is 2. The van der Waals surface area contributed by atoms with Crippen LogP contribution in [0.5, 0.6) is 5.75 Å². The number of hydrogen-bond acceptors (Lipinski definition) is 2. The highest BCUT2D eigenvalue weighted by atomic mass is 19.2. The molecule has 0 heterocycles. The van der Waals surface area contributed by atoms with Crippen LogP contribution in [-0.2, 0) is 13.0 Å². The van der Waals surface area contributed by atoms with Gasteiger partial charge in [-0.3, -0.25) is 0 Å². The van der Waals surface area contributed by atoms with Crippen molar-refractivity contribution in [2.45, 2.75) is 25.4 Å². The minimum atomic E-state index is -0.824. The molecule has 0 radical (unpaired) electrons. The van der Waals surface area contributed by atoms with Crippen LogP contribution in [0.1, 0.15) is 29.2 Å². The summed E-state index contributed by atoms with van der Waals surface area (Å²) in [7, 11) is 0. The van der Waals surface area contributed by atoms with Gasteiger partial charge in [0.2, 0.25) is 0 Å². The lowest BCUT2D eigenvalue weighted by Crippen LogP contribution is -2.18. The van der Waals surface area contributed by atoms with E-state index in [1.807, 2.05) is 6.07 Å². The Kier molecular flexibility index (Phi) is 3.40. The summed E-state index contributed by atoms with van der Waals surface area (Å²) in [5, 5.41) is 12.8. The van der Waals surface area contributed by atoms with Crippen LogP contribution < -0.4 is 5.32 Å². The van der Waals surface area contributed by atoms with Crippen LogP contribution in [0.2, 0.25) is 0 Å². The van der Waals surface area contributed by atoms with Crippen molar-refractivity contribution in [3.63, 3.8) is 0 Å². The highest BCUT2D eigenvalue weighted by Crippen LogP contribution is 2.33. The summed E-state index contributed by atoms with van der Waals surface area (Å²) >= 11 is 0. The van der Waals surface area contributed by atoms with Gasteiger partial charge < -0.3 is 10.4 Å². The Labute approximate surface area is 116 Å². The quantitative estimate of drug-likeness (QED) is 0.899. The van der Waals surface area contributed by atoms with Gasteiger partial charge in [0.15, 0.2) is 11.6 Å². The van der Waals surface area contributed by atoms with Crippen LogP contribution in [0.25, 0.3) is 0 Å². The molecule has 2 aromatic rings. The highest BCUT2D eigenvalue weighted by molar-refractivity contribution is 5.40. The van der Waals surface area contributed by atoms with E-state index >= 15 is 0 Å². The van der Waals surface area contributed by atoms with Crippen molar-refractivity contribution in [1.29, 1.82) is 0 Å². The summed E-state index contributed by atoms with van der Waals surface area (Å²) in [6.07, 6.45) is 1.86. The van der Waals surface area contributed by atoms with Gasteiger partial charge in [0, 0.05) is 12.6 Å². The predicted molar refractivity (Wildman–Crippen MR) is 72.4 cm³/mol. The van der Waals surface area contributed by atoms with E-state index in [1.165, 1.54) is 11.6 Å². The maximum atomic E-state index is 13.1. The maximum Gasteiger partial charge on any atom is 0.159 e. The highest BCUT2D eigenvalue weighted by Gasteiger charge is 2.22. The fourth-order valence-corrected chi connectivity index (χ4v) is 2.71. The number of hydrogen-bond donors (Lipinski definition) is 2. The summed E-state index contributed by atoms with van der Waals surface area (Å²) < 4.78 is 26.0. The van der Waals surface area contributed by atoms with Crippen LogP contribution in [0.4, 0.5) is 8.78 Å². The smallest absolute Gasteiger partial charge is 0.159 e. The van der Waals surface area contributed by atoms with E-state index in [9.17, 15) is 13.9 Å². The van der Waals surface area contributed by atoms with Crippen molar-refractivity contribution < 1.29 is 13.9 Å². The predicted octanol–water partition coefficient (Wildman–Crippen LogP) is 3.45. The lowest BCUT2D eigenvalue weighted by atomic mass is 10.1. The lowest BCUT2D eigenvalue weighted by molar-refractivity contribution is 0.474. The SMILES string of the molecule is Oc1ccc2c(c1)CCC2NCc1ccc(F)c(F)c1. The molecule has 104 valence electrons. The lowest BCUT2D eigenvalue weighted by Gasteiger charge is -2.14. The number of aryl methyl sites for hydroxylation is 1. The van der Waals surface area contributed by atoms with Gasteiger partial charge >= 0.3 is 0 Å². The first-order chi connectivity index (χ1) is 9.63. The molecular weight excluding hydrogens is 260 g/mol. The summed E-state index contributed by atoms with van der Waals surface area (Å²) in [6, 6.07) is 9.52. The molecule has 0 spiro atoms. The fourth-order valence-electron chi connectivity index (χ4n) is 2.71. The Hall–Kier alpha value is -1.94. The third kappa shape index (κ3) is 2.51. The van der Waals surface area contributed by atoms with Gasteiger partial charge in [-0.05, 0) is 53.8 Å². The average molecular weight is 275 g/mol. The van der Waals surface area contributed by atoms with E-state index in [2.05, 4.69) is 5.32 Å². The molecule has 4 heteroatoms. The van der Waals surface area contributed by atoms with Crippen LogP contribution in [0.3, 0.4) is 0 Å². The molecule has 0 saturated heterocycles. The van der Waals surface area contributed by atoms with E-state index in [0.29, 0.717) is 6.54 Å². The first-order valence-corrected chi connectivity index (χ1v) is 6.62. The van der Waals surface area contributed by atoms with Crippen molar-refractivity contribution in [2.75, 3.05) is 0 Å². The normalized spacial score (nSPS) is 17.2. The van der Waals surface area contributed by atoms with E-state index in [-0.39, 0.29) is 11.8 Å². The first kappa shape index (κ1) is 13.1. The van der Waals surface area contributed by atoms with Gasteiger partial charge in [-0.25, -0.2) is 8.78 Å². The van der Waals surface area contributed by atoms with Crippen molar-refractivity contribution in [3.8, 4) is 5.75 Å². The molecule has 0 fully saturated rings. The Bertz CT molecular complexity index is 642. The Morgan fingerprint density at radius 1 is 1.10 bits per heavy atom. The molecule has 2 aromatic carbocycles. The van der Waals surface area contributed by atoms with Gasteiger partial charge in [-0.1, -0.05) is 12.1 Å². The van der Waals surface area contributed by atoms with Crippen molar-refractivity contribution >= 4 is 0 Å². The monoisotopic (exact) mass is 275 g/mol. The molecule has 0 bridgehead atoms. The van der Waals surface area contributed by atoms with Crippen molar-refractivity contribution in [1.82, 2.24) is 5.32 Å². The Morgan fingerprint density at radius 3 is 2.75 bits per heavy atom. The molecule has 0 amide bonds. The van der Waals surface area contributed by atoms with Gasteiger partial charge in [0.1, 0.15) is 5.75 Å². The largest absolute Gasteiger partial charge is 0.508 e. The molecule has 1 aliphatic rings. The molecule has 0 aliphatic heterocycles. The molecule has 1 atom stereocenters. The standard InChI is InChI=1S/C16H15F2NO/c17-14-5-1-10(7-15(14)18)9-19-16-6-2-11-8-12(20)3-4-13(11)16/h1,3-5,7-8,16,19-20H,2,6,9H2. The molecule has 20 heavy (non-hydrogen) atoms. The van der Waals surface area contributed by atoms with Crippen LogP contribution in [0.15, 0.2) is 36.4 Å². The average Bonchev–Trinajstić information content (AvgIpc) is 2.82. The Balaban J connectivity index is 1.70. The number of rotatable bonds is 3. The number of phenols is 1. The summed E-state index contributed by atoms with van der Waals surface area (Å²) in [4.78, 5) is 0. The second kappa shape index (κ2) is 5.21. The first-order valence-electron chi connectivity index (χ1n) is 6.62. The second-order valence-electron chi connectivity index (χ2n) is 5.10. The Morgan fingerprint density at radius 2 is 1.95 bits per heavy atom. The minimum Gasteiger partial charge on any atom is -0.508 e. The molecular formula is C16H15F2NO. The molecule has 1 unspecified atom stereocenters. The zero-order valence-corrected chi connectivity index (χ0v) is 10.9. The van der Waals surface area contributed by atoms with E-state index < -0.39 is 11.6 Å². The molecule has 0 aromatic heterocycles. The van der Waals surface area contributed by atoms with Crippen LogP contribution >= 0.6 is 0 Å². The topological polar surface area (TPSA) is 32.3 Å². The molecule has 2 N–H and O–H groups in total. The van der Waals surface area contributed by atoms with Gasteiger partial charge in [-0.15, -0.1) is 0 Å². The summed E-state index contributed by atoms with van der Waals surface area (Å²) in [5.41, 5.74) is 3.04. The van der Waals surface area contributed by atoms with Gasteiger partial charge in [0.25, 0.3) is 0 Å². The van der Waals surface area contributed by atoms with Crippen molar-refractivity contribution in [2.24, 2.45) is 0 Å². The number of aromatic hydroxyl groups is 1. The maximum absolute atomic E-state index is 13.1. The number of fused-ring (bicyclic) bond motifs is 1. The van der Waals surface area contributed by atoms with E-state index in [4.69, 9.17) is 0 Å². The van der Waals surface area contributed by atoms with E-state index in [0.717, 1.165) is 30.0 Å². The van der Waals surface area contributed by atoms with Gasteiger partial charge in [-0.2, -0.15) is 0 Å². The van der Waals surface area contributed by atoms with Gasteiger partial charge in [0.05, 0.1) is 0 Å². The van der Waals surface area contributed by atoms with Crippen LogP contribution in [0, 0.1) is 11.6 Å². The van der Waals surface area contributed by atoms with Crippen molar-refractivity contribution in [3.05, 3.63) is 64.7 Å². The number of nitrogens with one attached hydrogen (secondary N) is 1. The zero-order valence-electron chi connectivity index (χ0n) is 10.9. The second-order valence-corrected chi connectivity index (χ2v) is 5.10. The third-order valence-corrected chi connectivity index (χ3v) is 3.74. The molecule has 0 saturated carbocycles. The molecule has 3 rings (SSSR count). The zero-order chi connectivity index (χ0) is 14.1. The minimum absolute atomic E-state index is 0.193. The number of halogens is 2. The van der Waals surface area contributed by atoms with E-state index in [1.54, 1.807) is 18.2 Å². The third-order valence-electron chi connectivity index (χ3n) is 3.74. The number of phenolic OH excluding ortho intramolecular Hbond substituents is 1. The van der Waals surface area contributed by atoms with Crippen LogP contribution in [-0.4, -0.2) is 5.11 Å².